The minimum atomic E-state index is 0.351. The van der Waals surface area contributed by atoms with Gasteiger partial charge in [0.25, 0.3) is 0 Å². The Morgan fingerprint density at radius 3 is 2.58 bits per heavy atom. The molecule has 72 valence electrons. The Balaban J connectivity index is 2.56. The number of hydrogen-bond acceptors (Lipinski definition) is 2. The molecule has 0 saturated carbocycles. The molecule has 2 heteroatoms. The monoisotopic (exact) mass is 172 g/mol. The Hall–Kier alpha value is -0.0800. The summed E-state index contributed by atoms with van der Waals surface area (Å²) in [5, 5.41) is 0. The molecule has 1 aliphatic rings. The van der Waals surface area contributed by atoms with E-state index in [0.29, 0.717) is 24.2 Å². The van der Waals surface area contributed by atoms with Crippen molar-refractivity contribution in [1.82, 2.24) is 0 Å². The van der Waals surface area contributed by atoms with Crippen LogP contribution in [-0.2, 0) is 9.47 Å². The van der Waals surface area contributed by atoms with Gasteiger partial charge in [0.15, 0.2) is 0 Å². The van der Waals surface area contributed by atoms with Crippen molar-refractivity contribution in [3.63, 3.8) is 0 Å². The molecule has 2 unspecified atom stereocenters. The Morgan fingerprint density at radius 1 is 1.42 bits per heavy atom. The van der Waals surface area contributed by atoms with E-state index in [4.69, 9.17) is 9.47 Å². The molecule has 1 heterocycles. The zero-order chi connectivity index (χ0) is 9.14. The molecule has 1 rings (SSSR count). The van der Waals surface area contributed by atoms with Crippen molar-refractivity contribution in [2.75, 3.05) is 7.11 Å². The maximum absolute atomic E-state index is 5.74. The molecule has 1 aliphatic heterocycles. The van der Waals surface area contributed by atoms with Crippen molar-refractivity contribution in [2.24, 2.45) is 5.92 Å². The second-order valence-electron chi connectivity index (χ2n) is 3.73. The quantitative estimate of drug-likeness (QED) is 0.636. The summed E-state index contributed by atoms with van der Waals surface area (Å²) < 4.78 is 11.2. The first kappa shape index (κ1) is 10.0. The maximum atomic E-state index is 5.74. The molecule has 0 aromatic rings. The molecule has 0 aromatic carbocycles. The van der Waals surface area contributed by atoms with E-state index in [2.05, 4.69) is 20.8 Å². The van der Waals surface area contributed by atoms with Crippen LogP contribution in [0, 0.1) is 5.92 Å². The lowest BCUT2D eigenvalue weighted by Crippen LogP contribution is -2.42. The van der Waals surface area contributed by atoms with Crippen molar-refractivity contribution >= 4 is 0 Å². The Kier molecular flexibility index (Phi) is 3.53. The highest BCUT2D eigenvalue weighted by Crippen LogP contribution is 2.29. The van der Waals surface area contributed by atoms with Gasteiger partial charge in [-0.1, -0.05) is 6.92 Å². The standard InChI is InChI=1S/C10H20O2/c1-5-9-8(3)12-7(2)6-10(9)11-4/h7-10H,5-6H2,1-4H3/t7-,8?,9-,10?/m0/s1. The molecule has 1 saturated heterocycles. The molecular weight excluding hydrogens is 152 g/mol. The first-order chi connectivity index (χ1) is 5.69. The van der Waals surface area contributed by atoms with Crippen LogP contribution in [0.2, 0.25) is 0 Å². The average molecular weight is 172 g/mol. The summed E-state index contributed by atoms with van der Waals surface area (Å²) in [5.41, 5.74) is 0. The van der Waals surface area contributed by atoms with Gasteiger partial charge < -0.3 is 9.47 Å². The minimum absolute atomic E-state index is 0.351. The molecule has 0 amide bonds. The summed E-state index contributed by atoms with van der Waals surface area (Å²) in [4.78, 5) is 0. The van der Waals surface area contributed by atoms with Gasteiger partial charge in [-0.15, -0.1) is 0 Å². The molecule has 1 fully saturated rings. The van der Waals surface area contributed by atoms with Crippen LogP contribution < -0.4 is 0 Å². The third-order valence-electron chi connectivity index (χ3n) is 2.87. The zero-order valence-electron chi connectivity index (χ0n) is 8.54. The Morgan fingerprint density at radius 2 is 2.08 bits per heavy atom. The van der Waals surface area contributed by atoms with E-state index in [1.54, 1.807) is 7.11 Å². The van der Waals surface area contributed by atoms with Gasteiger partial charge in [-0.2, -0.15) is 0 Å². The SMILES string of the molecule is CC[C@H]1C(C)O[C@@H](C)CC1OC. The normalized spacial score (nSPS) is 43.0. The topological polar surface area (TPSA) is 18.5 Å². The molecule has 4 atom stereocenters. The highest BCUT2D eigenvalue weighted by Gasteiger charge is 2.33. The predicted octanol–water partition coefficient (Wildman–Crippen LogP) is 2.22. The summed E-state index contributed by atoms with van der Waals surface area (Å²) in [7, 11) is 1.80. The summed E-state index contributed by atoms with van der Waals surface area (Å²) in [6.45, 7) is 6.47. The van der Waals surface area contributed by atoms with Gasteiger partial charge in [0.2, 0.25) is 0 Å². The van der Waals surface area contributed by atoms with Crippen LogP contribution in [0.25, 0.3) is 0 Å². The van der Waals surface area contributed by atoms with Crippen molar-refractivity contribution in [2.45, 2.75) is 51.9 Å². The second-order valence-corrected chi connectivity index (χ2v) is 3.73. The van der Waals surface area contributed by atoms with E-state index in [-0.39, 0.29) is 0 Å². The van der Waals surface area contributed by atoms with Gasteiger partial charge >= 0.3 is 0 Å². The van der Waals surface area contributed by atoms with E-state index in [1.807, 2.05) is 0 Å². The number of ether oxygens (including phenoxy) is 2. The lowest BCUT2D eigenvalue weighted by atomic mass is 9.88. The molecule has 12 heavy (non-hydrogen) atoms. The number of rotatable bonds is 2. The summed E-state index contributed by atoms with van der Waals surface area (Å²) in [5.74, 6) is 0.575. The van der Waals surface area contributed by atoms with Crippen LogP contribution in [-0.4, -0.2) is 25.4 Å². The average Bonchev–Trinajstić information content (AvgIpc) is 2.03. The van der Waals surface area contributed by atoms with Gasteiger partial charge in [0.1, 0.15) is 0 Å². The number of hydrogen-bond donors (Lipinski definition) is 0. The molecule has 0 spiro atoms. The molecular formula is C10H20O2. The fraction of sp³-hybridized carbons (Fsp3) is 1.00. The number of methoxy groups -OCH3 is 1. The first-order valence-electron chi connectivity index (χ1n) is 4.87. The van der Waals surface area contributed by atoms with Crippen molar-refractivity contribution in [1.29, 1.82) is 0 Å². The molecule has 0 N–H and O–H groups in total. The fourth-order valence-electron chi connectivity index (χ4n) is 2.19. The molecule has 0 aliphatic carbocycles. The molecule has 0 radical (unpaired) electrons. The maximum Gasteiger partial charge on any atom is 0.0648 e. The first-order valence-corrected chi connectivity index (χ1v) is 4.87. The smallest absolute Gasteiger partial charge is 0.0648 e. The lowest BCUT2D eigenvalue weighted by Gasteiger charge is -2.38. The van der Waals surface area contributed by atoms with Gasteiger partial charge in [-0.3, -0.25) is 0 Å². The van der Waals surface area contributed by atoms with Crippen molar-refractivity contribution < 1.29 is 9.47 Å². The largest absolute Gasteiger partial charge is 0.381 e. The zero-order valence-corrected chi connectivity index (χ0v) is 8.54. The second kappa shape index (κ2) is 4.24. The summed E-state index contributed by atoms with van der Waals surface area (Å²) >= 11 is 0. The van der Waals surface area contributed by atoms with Gasteiger partial charge in [0, 0.05) is 13.0 Å². The van der Waals surface area contributed by atoms with Crippen LogP contribution in [0.3, 0.4) is 0 Å². The van der Waals surface area contributed by atoms with Crippen LogP contribution in [0.15, 0.2) is 0 Å². The Bertz CT molecular complexity index is 136. The highest BCUT2D eigenvalue weighted by molar-refractivity contribution is 4.81. The molecule has 2 nitrogen and oxygen atoms in total. The Labute approximate surface area is 75.2 Å². The van der Waals surface area contributed by atoms with Crippen LogP contribution in [0.4, 0.5) is 0 Å². The summed E-state index contributed by atoms with van der Waals surface area (Å²) in [6, 6.07) is 0. The van der Waals surface area contributed by atoms with Crippen LogP contribution in [0.1, 0.15) is 33.6 Å². The van der Waals surface area contributed by atoms with Crippen LogP contribution >= 0.6 is 0 Å². The third kappa shape index (κ3) is 1.99. The predicted molar refractivity (Wildman–Crippen MR) is 49.2 cm³/mol. The van der Waals surface area contributed by atoms with Gasteiger partial charge in [-0.25, -0.2) is 0 Å². The summed E-state index contributed by atoms with van der Waals surface area (Å²) in [6.07, 6.45) is 3.29. The van der Waals surface area contributed by atoms with E-state index in [1.165, 1.54) is 0 Å². The molecule has 0 bridgehead atoms. The van der Waals surface area contributed by atoms with Gasteiger partial charge in [0.05, 0.1) is 18.3 Å². The van der Waals surface area contributed by atoms with E-state index >= 15 is 0 Å². The van der Waals surface area contributed by atoms with E-state index in [0.717, 1.165) is 12.8 Å². The fourth-order valence-corrected chi connectivity index (χ4v) is 2.19. The van der Waals surface area contributed by atoms with Gasteiger partial charge in [-0.05, 0) is 26.7 Å². The minimum Gasteiger partial charge on any atom is -0.381 e. The highest BCUT2D eigenvalue weighted by atomic mass is 16.5. The van der Waals surface area contributed by atoms with Crippen LogP contribution in [0.5, 0.6) is 0 Å². The lowest BCUT2D eigenvalue weighted by molar-refractivity contribution is -0.133. The van der Waals surface area contributed by atoms with E-state index in [9.17, 15) is 0 Å². The molecule has 0 aromatic heterocycles. The van der Waals surface area contributed by atoms with Crippen molar-refractivity contribution in [3.8, 4) is 0 Å². The van der Waals surface area contributed by atoms with E-state index < -0.39 is 0 Å². The third-order valence-corrected chi connectivity index (χ3v) is 2.87. The van der Waals surface area contributed by atoms with Crippen molar-refractivity contribution in [3.05, 3.63) is 0 Å².